The number of hydrogen-bond acceptors (Lipinski definition) is 9. The summed E-state index contributed by atoms with van der Waals surface area (Å²) in [6.45, 7) is 1.47. The molecule has 1 heterocycles. The van der Waals surface area contributed by atoms with Gasteiger partial charge in [-0.25, -0.2) is 0 Å². The lowest BCUT2D eigenvalue weighted by Crippen LogP contribution is -2.58. The number of aliphatic hydroxyl groups is 3. The quantitative estimate of drug-likeness (QED) is 0.368. The van der Waals surface area contributed by atoms with Gasteiger partial charge in [-0.3, -0.25) is 10.1 Å². The van der Waals surface area contributed by atoms with Crippen LogP contribution in [-0.4, -0.2) is 56.9 Å². The summed E-state index contributed by atoms with van der Waals surface area (Å²) in [6, 6.07) is 2.95. The summed E-state index contributed by atoms with van der Waals surface area (Å²) in [5, 5.41) is 53.5. The number of rotatable bonds is 4. The molecule has 10 nitrogen and oxygen atoms in total. The molecule has 2 rings (SSSR count). The highest BCUT2D eigenvalue weighted by Gasteiger charge is 2.41. The molecule has 10 heteroatoms. The molecule has 1 aliphatic rings. The van der Waals surface area contributed by atoms with E-state index in [1.54, 1.807) is 0 Å². The van der Waals surface area contributed by atoms with Crippen molar-refractivity contribution >= 4 is 17.3 Å². The largest absolute Gasteiger partial charge is 0.545 e. The maximum Gasteiger partial charge on any atom is 0.272 e. The van der Waals surface area contributed by atoms with Gasteiger partial charge in [-0.05, 0) is 13.0 Å². The molecule has 0 unspecified atom stereocenters. The number of nitrogens with one attached hydrogen (secondary N) is 1. The fourth-order valence-electron chi connectivity index (χ4n) is 2.25. The van der Waals surface area contributed by atoms with Crippen LogP contribution in [0.15, 0.2) is 18.2 Å². The number of carboxylic acids is 1. The van der Waals surface area contributed by atoms with E-state index in [-0.39, 0.29) is 5.69 Å². The lowest BCUT2D eigenvalue weighted by Gasteiger charge is -2.39. The van der Waals surface area contributed by atoms with Gasteiger partial charge in [0.2, 0.25) is 0 Å². The molecule has 5 atom stereocenters. The first kappa shape index (κ1) is 17.1. The van der Waals surface area contributed by atoms with E-state index in [0.29, 0.717) is 0 Å². The molecule has 0 spiro atoms. The SMILES string of the molecule is C[C@H]1O[C@@H](Nc2cc(C(=O)[O-])cc([N+](=O)[O-])c2)[C@@H](O)[C@@H](O)[C@H]1O. The van der Waals surface area contributed by atoms with E-state index >= 15 is 0 Å². The van der Waals surface area contributed by atoms with Crippen LogP contribution in [0.25, 0.3) is 0 Å². The zero-order valence-corrected chi connectivity index (χ0v) is 11.9. The van der Waals surface area contributed by atoms with Crippen LogP contribution in [0.4, 0.5) is 11.4 Å². The van der Waals surface area contributed by atoms with Crippen molar-refractivity contribution in [2.75, 3.05) is 5.32 Å². The highest BCUT2D eigenvalue weighted by atomic mass is 16.6. The fraction of sp³-hybridized carbons (Fsp3) is 0.462. The van der Waals surface area contributed by atoms with Gasteiger partial charge in [-0.2, -0.15) is 0 Å². The highest BCUT2D eigenvalue weighted by Crippen LogP contribution is 2.26. The second-order valence-electron chi connectivity index (χ2n) is 5.19. The third kappa shape index (κ3) is 3.56. The second kappa shape index (κ2) is 6.46. The summed E-state index contributed by atoms with van der Waals surface area (Å²) in [6.07, 6.45) is -6.32. The first-order chi connectivity index (χ1) is 10.7. The topological polar surface area (TPSA) is 165 Å². The molecule has 0 aromatic heterocycles. The van der Waals surface area contributed by atoms with Gasteiger partial charge in [0, 0.05) is 23.4 Å². The molecule has 0 radical (unpaired) electrons. The Labute approximate surface area is 130 Å². The van der Waals surface area contributed by atoms with Crippen LogP contribution in [-0.2, 0) is 4.74 Å². The Balaban J connectivity index is 2.28. The zero-order chi connectivity index (χ0) is 17.3. The summed E-state index contributed by atoms with van der Waals surface area (Å²) in [4.78, 5) is 21.0. The van der Waals surface area contributed by atoms with Gasteiger partial charge in [0.05, 0.1) is 17.0 Å². The number of carbonyl (C=O) groups excluding carboxylic acids is 1. The third-order valence-corrected chi connectivity index (χ3v) is 3.53. The Kier molecular flexibility index (Phi) is 4.80. The first-order valence-electron chi connectivity index (χ1n) is 6.67. The predicted molar refractivity (Wildman–Crippen MR) is 73.4 cm³/mol. The standard InChI is InChI=1S/C13H16N2O8/c1-5-9(16)10(17)11(18)12(23-5)14-7-2-6(13(19)20)3-8(4-7)15(21)22/h2-5,9-12,14,16-18H,1H3,(H,19,20)/p-1/t5-,9+,10+,11+,12-/m1/s1. The molecule has 1 saturated heterocycles. The second-order valence-corrected chi connectivity index (χ2v) is 5.19. The van der Waals surface area contributed by atoms with E-state index in [0.717, 1.165) is 18.2 Å². The number of aromatic carboxylic acids is 1. The molecule has 0 amide bonds. The van der Waals surface area contributed by atoms with Crippen molar-refractivity contribution in [3.63, 3.8) is 0 Å². The molecule has 1 aromatic carbocycles. The molecule has 4 N–H and O–H groups in total. The molecular formula is C13H15N2O8-. The molecule has 1 fully saturated rings. The van der Waals surface area contributed by atoms with E-state index in [2.05, 4.69) is 5.32 Å². The highest BCUT2D eigenvalue weighted by molar-refractivity contribution is 5.88. The van der Waals surface area contributed by atoms with Crippen molar-refractivity contribution in [1.82, 2.24) is 0 Å². The van der Waals surface area contributed by atoms with E-state index in [9.17, 15) is 35.3 Å². The van der Waals surface area contributed by atoms with Crippen LogP contribution in [0.2, 0.25) is 0 Å². The number of nitro benzene ring substituents is 1. The number of benzene rings is 1. The van der Waals surface area contributed by atoms with Gasteiger partial charge in [0.1, 0.15) is 18.3 Å². The summed E-state index contributed by atoms with van der Waals surface area (Å²) in [5.41, 5.74) is -0.938. The minimum Gasteiger partial charge on any atom is -0.545 e. The molecule has 1 aromatic rings. The van der Waals surface area contributed by atoms with Gasteiger partial charge in [-0.15, -0.1) is 0 Å². The average molecular weight is 327 g/mol. The van der Waals surface area contributed by atoms with Crippen molar-refractivity contribution in [2.24, 2.45) is 0 Å². The van der Waals surface area contributed by atoms with Crippen LogP contribution >= 0.6 is 0 Å². The lowest BCUT2D eigenvalue weighted by molar-refractivity contribution is -0.384. The number of carboxylic acid groups (broad SMARTS) is 1. The van der Waals surface area contributed by atoms with Crippen LogP contribution in [0, 0.1) is 10.1 Å². The first-order valence-corrected chi connectivity index (χ1v) is 6.67. The zero-order valence-electron chi connectivity index (χ0n) is 11.9. The molecule has 126 valence electrons. The number of aliphatic hydroxyl groups excluding tert-OH is 3. The van der Waals surface area contributed by atoms with Gasteiger partial charge >= 0.3 is 0 Å². The third-order valence-electron chi connectivity index (χ3n) is 3.53. The van der Waals surface area contributed by atoms with Gasteiger partial charge < -0.3 is 35.3 Å². The van der Waals surface area contributed by atoms with Gasteiger partial charge in [0.25, 0.3) is 5.69 Å². The molecule has 0 aliphatic carbocycles. The summed E-state index contributed by atoms with van der Waals surface area (Å²) >= 11 is 0. The van der Waals surface area contributed by atoms with E-state index < -0.39 is 52.8 Å². The van der Waals surface area contributed by atoms with Crippen LogP contribution in [0.3, 0.4) is 0 Å². The maximum absolute atomic E-state index is 10.9. The van der Waals surface area contributed by atoms with Crippen molar-refractivity contribution < 1.29 is 34.9 Å². The number of nitrogens with zero attached hydrogens (tertiary/aromatic N) is 1. The van der Waals surface area contributed by atoms with E-state index in [4.69, 9.17) is 4.74 Å². The number of ether oxygens (including phenoxy) is 1. The van der Waals surface area contributed by atoms with Gasteiger partial charge in [0.15, 0.2) is 6.23 Å². The smallest absolute Gasteiger partial charge is 0.272 e. The molecule has 0 saturated carbocycles. The van der Waals surface area contributed by atoms with Crippen molar-refractivity contribution in [1.29, 1.82) is 0 Å². The predicted octanol–water partition coefficient (Wildman–Crippen LogP) is -1.80. The molecule has 0 bridgehead atoms. The Bertz CT molecular complexity index is 590. The number of nitro groups is 1. The van der Waals surface area contributed by atoms with E-state index in [1.165, 1.54) is 6.92 Å². The van der Waals surface area contributed by atoms with Crippen molar-refractivity contribution in [3.05, 3.63) is 33.9 Å². The number of carbonyl (C=O) groups is 1. The molecular weight excluding hydrogens is 312 g/mol. The summed E-state index contributed by atoms with van der Waals surface area (Å²) in [5.74, 6) is -1.61. The van der Waals surface area contributed by atoms with Crippen molar-refractivity contribution in [3.8, 4) is 0 Å². The number of non-ortho nitro benzene ring substituents is 1. The molecule has 23 heavy (non-hydrogen) atoms. The Hall–Kier alpha value is -2.27. The average Bonchev–Trinajstić information content (AvgIpc) is 2.50. The Morgan fingerprint density at radius 2 is 1.87 bits per heavy atom. The number of hydrogen-bond donors (Lipinski definition) is 4. The number of anilines is 1. The van der Waals surface area contributed by atoms with E-state index in [1.807, 2.05) is 0 Å². The summed E-state index contributed by atoms with van der Waals surface area (Å²) < 4.78 is 5.28. The molecule has 1 aliphatic heterocycles. The maximum atomic E-state index is 10.9. The van der Waals surface area contributed by atoms with Crippen LogP contribution < -0.4 is 10.4 Å². The summed E-state index contributed by atoms with van der Waals surface area (Å²) in [7, 11) is 0. The normalized spacial score (nSPS) is 30.7. The minimum absolute atomic E-state index is 0.0155. The lowest BCUT2D eigenvalue weighted by atomic mass is 9.99. The fourth-order valence-corrected chi connectivity index (χ4v) is 2.25. The Morgan fingerprint density at radius 3 is 2.43 bits per heavy atom. The van der Waals surface area contributed by atoms with Crippen LogP contribution in [0.1, 0.15) is 17.3 Å². The minimum atomic E-state index is -1.61. The van der Waals surface area contributed by atoms with Crippen LogP contribution in [0.5, 0.6) is 0 Å². The monoisotopic (exact) mass is 327 g/mol. The Morgan fingerprint density at radius 1 is 1.22 bits per heavy atom. The van der Waals surface area contributed by atoms with Gasteiger partial charge in [-0.1, -0.05) is 0 Å². The van der Waals surface area contributed by atoms with Crippen molar-refractivity contribution in [2.45, 2.75) is 37.6 Å².